The second-order valence-corrected chi connectivity index (χ2v) is 6.05. The molecule has 0 radical (unpaired) electrons. The molecule has 1 fully saturated rings. The van der Waals surface area contributed by atoms with Crippen LogP contribution < -0.4 is 5.32 Å². The van der Waals surface area contributed by atoms with Crippen LogP contribution in [0.3, 0.4) is 0 Å². The first kappa shape index (κ1) is 15.2. The molecular formula is C13H26N2O3. The van der Waals surface area contributed by atoms with Gasteiger partial charge in [-0.25, -0.2) is 4.79 Å². The highest BCUT2D eigenvalue weighted by Crippen LogP contribution is 2.15. The van der Waals surface area contributed by atoms with Gasteiger partial charge in [0.1, 0.15) is 5.60 Å². The van der Waals surface area contributed by atoms with Crippen molar-refractivity contribution in [3.63, 3.8) is 0 Å². The smallest absolute Gasteiger partial charge is 0.410 e. The third-order valence-corrected chi connectivity index (χ3v) is 2.74. The zero-order valence-corrected chi connectivity index (χ0v) is 12.2. The Labute approximate surface area is 110 Å². The van der Waals surface area contributed by atoms with E-state index in [4.69, 9.17) is 9.47 Å². The normalized spacial score (nSPS) is 18.4. The van der Waals surface area contributed by atoms with Gasteiger partial charge >= 0.3 is 6.09 Å². The van der Waals surface area contributed by atoms with Crippen molar-refractivity contribution >= 4 is 6.09 Å². The molecule has 1 heterocycles. The van der Waals surface area contributed by atoms with Crippen LogP contribution in [0, 0.1) is 5.92 Å². The van der Waals surface area contributed by atoms with Crippen LogP contribution in [0.4, 0.5) is 4.79 Å². The van der Waals surface area contributed by atoms with Crippen LogP contribution in [0.5, 0.6) is 0 Å². The third kappa shape index (κ3) is 5.23. The van der Waals surface area contributed by atoms with Crippen LogP contribution in [-0.2, 0) is 9.47 Å². The summed E-state index contributed by atoms with van der Waals surface area (Å²) in [6, 6.07) is 0.386. The van der Waals surface area contributed by atoms with Gasteiger partial charge in [0, 0.05) is 39.4 Å². The number of nitrogens with zero attached hydrogens (tertiary/aromatic N) is 1. The van der Waals surface area contributed by atoms with E-state index in [9.17, 15) is 4.79 Å². The molecule has 1 saturated heterocycles. The second kappa shape index (κ2) is 6.38. The maximum Gasteiger partial charge on any atom is 0.410 e. The fourth-order valence-corrected chi connectivity index (χ4v) is 1.79. The van der Waals surface area contributed by atoms with Crippen molar-refractivity contribution in [1.29, 1.82) is 0 Å². The molecule has 0 saturated carbocycles. The van der Waals surface area contributed by atoms with Gasteiger partial charge in [0.2, 0.25) is 0 Å². The van der Waals surface area contributed by atoms with Gasteiger partial charge in [-0.05, 0) is 26.7 Å². The molecule has 0 spiro atoms. The number of hydrogen-bond acceptors (Lipinski definition) is 4. The topological polar surface area (TPSA) is 50.8 Å². The average Bonchev–Trinajstić information content (AvgIpc) is 2.12. The van der Waals surface area contributed by atoms with Crippen molar-refractivity contribution in [2.75, 3.05) is 33.4 Å². The van der Waals surface area contributed by atoms with E-state index in [-0.39, 0.29) is 6.09 Å². The van der Waals surface area contributed by atoms with Crippen LogP contribution in [0.1, 0.15) is 27.7 Å². The summed E-state index contributed by atoms with van der Waals surface area (Å²) in [5.41, 5.74) is -0.414. The molecule has 0 aromatic rings. The monoisotopic (exact) mass is 258 g/mol. The van der Waals surface area contributed by atoms with E-state index >= 15 is 0 Å². The lowest BCUT2D eigenvalue weighted by Gasteiger charge is -2.40. The highest BCUT2D eigenvalue weighted by Gasteiger charge is 2.33. The van der Waals surface area contributed by atoms with Gasteiger partial charge in [-0.2, -0.15) is 0 Å². The van der Waals surface area contributed by atoms with Gasteiger partial charge in [-0.1, -0.05) is 6.92 Å². The molecule has 18 heavy (non-hydrogen) atoms. The molecule has 1 amide bonds. The molecule has 0 aromatic heterocycles. The first-order chi connectivity index (χ1) is 8.31. The van der Waals surface area contributed by atoms with Crippen molar-refractivity contribution < 1.29 is 14.3 Å². The standard InChI is InChI=1S/C13H26N2O3/c1-10(9-17-5)6-14-11-7-15(8-11)12(16)18-13(2,3)4/h10-11,14H,6-9H2,1-5H3. The number of nitrogens with one attached hydrogen (secondary N) is 1. The van der Waals surface area contributed by atoms with E-state index in [1.807, 2.05) is 20.8 Å². The SMILES string of the molecule is COCC(C)CNC1CN(C(=O)OC(C)(C)C)C1. The Morgan fingerprint density at radius 3 is 2.56 bits per heavy atom. The number of rotatable bonds is 5. The first-order valence-corrected chi connectivity index (χ1v) is 6.52. The average molecular weight is 258 g/mol. The number of hydrogen-bond donors (Lipinski definition) is 1. The Hall–Kier alpha value is -0.810. The minimum absolute atomic E-state index is 0.217. The van der Waals surface area contributed by atoms with Gasteiger partial charge in [0.05, 0.1) is 0 Å². The fourth-order valence-electron chi connectivity index (χ4n) is 1.79. The lowest BCUT2D eigenvalue weighted by atomic mass is 10.1. The van der Waals surface area contributed by atoms with Gasteiger partial charge in [0.25, 0.3) is 0 Å². The van der Waals surface area contributed by atoms with Crippen molar-refractivity contribution in [3.8, 4) is 0 Å². The van der Waals surface area contributed by atoms with Gasteiger partial charge in [-0.15, -0.1) is 0 Å². The van der Waals surface area contributed by atoms with Crippen LogP contribution >= 0.6 is 0 Å². The van der Waals surface area contributed by atoms with Crippen molar-refractivity contribution in [3.05, 3.63) is 0 Å². The molecule has 106 valence electrons. The molecule has 5 heteroatoms. The van der Waals surface area contributed by atoms with Gasteiger partial charge in [0.15, 0.2) is 0 Å². The van der Waals surface area contributed by atoms with Crippen LogP contribution in [0.2, 0.25) is 0 Å². The summed E-state index contributed by atoms with van der Waals surface area (Å²) in [6.45, 7) is 10.9. The summed E-state index contributed by atoms with van der Waals surface area (Å²) in [7, 11) is 1.71. The predicted octanol–water partition coefficient (Wildman–Crippen LogP) is 1.48. The van der Waals surface area contributed by atoms with E-state index in [1.54, 1.807) is 12.0 Å². The predicted molar refractivity (Wildman–Crippen MR) is 70.6 cm³/mol. The summed E-state index contributed by atoms with van der Waals surface area (Å²) >= 11 is 0. The maximum absolute atomic E-state index is 11.7. The molecule has 1 atom stereocenters. The Morgan fingerprint density at radius 1 is 1.44 bits per heavy atom. The molecule has 0 aromatic carbocycles. The molecule has 1 aliphatic heterocycles. The van der Waals surface area contributed by atoms with Crippen molar-refractivity contribution in [1.82, 2.24) is 10.2 Å². The number of methoxy groups -OCH3 is 1. The highest BCUT2D eigenvalue weighted by atomic mass is 16.6. The molecule has 5 nitrogen and oxygen atoms in total. The zero-order chi connectivity index (χ0) is 13.8. The molecule has 0 aliphatic carbocycles. The van der Waals surface area contributed by atoms with Crippen molar-refractivity contribution in [2.24, 2.45) is 5.92 Å². The Bertz CT molecular complexity index is 270. The quantitative estimate of drug-likeness (QED) is 0.811. The summed E-state index contributed by atoms with van der Waals surface area (Å²) in [6.07, 6.45) is -0.217. The highest BCUT2D eigenvalue weighted by molar-refractivity contribution is 5.69. The summed E-state index contributed by atoms with van der Waals surface area (Å²) in [5, 5.41) is 3.42. The lowest BCUT2D eigenvalue weighted by molar-refractivity contribution is 0.00472. The van der Waals surface area contributed by atoms with E-state index < -0.39 is 5.60 Å². The number of carbonyl (C=O) groups excluding carboxylic acids is 1. The summed E-state index contributed by atoms with van der Waals surface area (Å²) in [5.74, 6) is 0.491. The fraction of sp³-hybridized carbons (Fsp3) is 0.923. The first-order valence-electron chi connectivity index (χ1n) is 6.52. The van der Waals surface area contributed by atoms with Crippen LogP contribution in [0.25, 0.3) is 0 Å². The molecule has 0 bridgehead atoms. The Morgan fingerprint density at radius 2 is 2.06 bits per heavy atom. The number of carbonyl (C=O) groups is 1. The molecular weight excluding hydrogens is 232 g/mol. The number of amides is 1. The largest absolute Gasteiger partial charge is 0.444 e. The molecule has 1 N–H and O–H groups in total. The zero-order valence-electron chi connectivity index (χ0n) is 12.2. The van der Waals surface area contributed by atoms with E-state index in [0.717, 1.165) is 26.2 Å². The Kier molecular flexibility index (Phi) is 5.41. The molecule has 1 aliphatic rings. The van der Waals surface area contributed by atoms with Gasteiger partial charge < -0.3 is 19.7 Å². The summed E-state index contributed by atoms with van der Waals surface area (Å²) in [4.78, 5) is 13.4. The minimum atomic E-state index is -0.414. The van der Waals surface area contributed by atoms with E-state index in [2.05, 4.69) is 12.2 Å². The molecule has 1 rings (SSSR count). The summed E-state index contributed by atoms with van der Waals surface area (Å²) < 4.78 is 10.4. The third-order valence-electron chi connectivity index (χ3n) is 2.74. The lowest BCUT2D eigenvalue weighted by Crippen LogP contribution is -2.61. The minimum Gasteiger partial charge on any atom is -0.444 e. The Balaban J connectivity index is 2.14. The number of likely N-dealkylation sites (tertiary alicyclic amines) is 1. The van der Waals surface area contributed by atoms with Crippen LogP contribution in [-0.4, -0.2) is 56.0 Å². The molecule has 1 unspecified atom stereocenters. The second-order valence-electron chi connectivity index (χ2n) is 6.05. The van der Waals surface area contributed by atoms with Crippen LogP contribution in [0.15, 0.2) is 0 Å². The van der Waals surface area contributed by atoms with E-state index in [0.29, 0.717) is 12.0 Å². The van der Waals surface area contributed by atoms with Gasteiger partial charge in [-0.3, -0.25) is 0 Å². The number of ether oxygens (including phenoxy) is 2. The maximum atomic E-state index is 11.7. The van der Waals surface area contributed by atoms with E-state index in [1.165, 1.54) is 0 Å². The van der Waals surface area contributed by atoms with Crippen molar-refractivity contribution in [2.45, 2.75) is 39.3 Å².